The van der Waals surface area contributed by atoms with Crippen LogP contribution in [0.25, 0.3) is 0 Å². The van der Waals surface area contributed by atoms with Crippen molar-refractivity contribution in [3.63, 3.8) is 0 Å². The van der Waals surface area contributed by atoms with E-state index in [-0.39, 0.29) is 6.10 Å². The van der Waals surface area contributed by atoms with E-state index in [0.29, 0.717) is 18.0 Å². The van der Waals surface area contributed by atoms with Crippen molar-refractivity contribution in [1.29, 1.82) is 0 Å². The fourth-order valence-electron chi connectivity index (χ4n) is 2.21. The predicted molar refractivity (Wildman–Crippen MR) is 74.8 cm³/mol. The highest BCUT2D eigenvalue weighted by Crippen LogP contribution is 2.23. The molecule has 0 saturated carbocycles. The zero-order valence-electron chi connectivity index (χ0n) is 11.3. The number of nitrogens with one attached hydrogen (secondary N) is 1. The molecule has 19 heavy (non-hydrogen) atoms. The summed E-state index contributed by atoms with van der Waals surface area (Å²) in [5, 5.41) is 3.14. The van der Waals surface area contributed by atoms with Crippen molar-refractivity contribution in [2.75, 3.05) is 32.1 Å². The summed E-state index contributed by atoms with van der Waals surface area (Å²) in [6.07, 6.45) is 0.765. The van der Waals surface area contributed by atoms with Gasteiger partial charge in [0, 0.05) is 32.4 Å². The van der Waals surface area contributed by atoms with Gasteiger partial charge in [0.25, 0.3) is 0 Å². The number of ether oxygens (including phenoxy) is 1. The third-order valence-corrected chi connectivity index (χ3v) is 5.19. The molecular formula is C13H20N2O3S. The second kappa shape index (κ2) is 5.90. The van der Waals surface area contributed by atoms with Crippen molar-refractivity contribution < 1.29 is 13.2 Å². The molecular weight excluding hydrogens is 264 g/mol. The minimum Gasteiger partial charge on any atom is -0.385 e. The van der Waals surface area contributed by atoms with Gasteiger partial charge in [0.15, 0.2) is 0 Å². The largest absolute Gasteiger partial charge is 0.385 e. The standard InChI is InChI=1S/C13H20N2O3S/c1-3-14-11-4-6-13(7-5-11)19(16,17)15-9-8-12(10-15)18-2/h4-7,12,14H,3,8-10H2,1-2H3. The quantitative estimate of drug-likeness (QED) is 0.891. The van der Waals surface area contributed by atoms with Gasteiger partial charge in [0.2, 0.25) is 10.0 Å². The van der Waals surface area contributed by atoms with Crippen LogP contribution >= 0.6 is 0 Å². The van der Waals surface area contributed by atoms with Crippen LogP contribution in [0.3, 0.4) is 0 Å². The molecule has 6 heteroatoms. The Morgan fingerprint density at radius 2 is 2.05 bits per heavy atom. The molecule has 1 aliphatic heterocycles. The Morgan fingerprint density at radius 3 is 2.58 bits per heavy atom. The van der Waals surface area contributed by atoms with E-state index in [1.54, 1.807) is 31.4 Å². The van der Waals surface area contributed by atoms with Gasteiger partial charge in [0.05, 0.1) is 11.0 Å². The van der Waals surface area contributed by atoms with Crippen LogP contribution in [0.1, 0.15) is 13.3 Å². The number of hydrogen-bond acceptors (Lipinski definition) is 4. The van der Waals surface area contributed by atoms with Gasteiger partial charge < -0.3 is 10.1 Å². The summed E-state index contributed by atoms with van der Waals surface area (Å²) in [7, 11) is -1.77. The van der Waals surface area contributed by atoms with Crippen LogP contribution in [0.4, 0.5) is 5.69 Å². The molecule has 1 aliphatic rings. The monoisotopic (exact) mass is 284 g/mol. The van der Waals surface area contributed by atoms with Gasteiger partial charge in [-0.3, -0.25) is 0 Å². The number of rotatable bonds is 5. The lowest BCUT2D eigenvalue weighted by Crippen LogP contribution is -2.30. The highest BCUT2D eigenvalue weighted by Gasteiger charge is 2.32. The molecule has 1 saturated heterocycles. The van der Waals surface area contributed by atoms with Crippen LogP contribution in [0.15, 0.2) is 29.2 Å². The highest BCUT2D eigenvalue weighted by atomic mass is 32.2. The van der Waals surface area contributed by atoms with Gasteiger partial charge in [-0.2, -0.15) is 4.31 Å². The van der Waals surface area contributed by atoms with Crippen molar-refractivity contribution in [3.8, 4) is 0 Å². The van der Waals surface area contributed by atoms with Gasteiger partial charge in [-0.25, -0.2) is 8.42 Å². The highest BCUT2D eigenvalue weighted by molar-refractivity contribution is 7.89. The Labute approximate surface area is 114 Å². The van der Waals surface area contributed by atoms with E-state index in [1.165, 1.54) is 4.31 Å². The smallest absolute Gasteiger partial charge is 0.243 e. The Kier molecular flexibility index (Phi) is 4.44. The van der Waals surface area contributed by atoms with Crippen molar-refractivity contribution in [2.24, 2.45) is 0 Å². The minimum absolute atomic E-state index is 0.0100. The van der Waals surface area contributed by atoms with E-state index in [0.717, 1.165) is 18.7 Å². The molecule has 1 unspecified atom stereocenters. The maximum Gasteiger partial charge on any atom is 0.243 e. The second-order valence-electron chi connectivity index (χ2n) is 4.56. The zero-order chi connectivity index (χ0) is 13.9. The van der Waals surface area contributed by atoms with E-state index in [9.17, 15) is 8.42 Å². The first-order chi connectivity index (χ1) is 9.07. The molecule has 106 valence electrons. The first-order valence-electron chi connectivity index (χ1n) is 6.44. The summed E-state index contributed by atoms with van der Waals surface area (Å²) in [4.78, 5) is 0.339. The van der Waals surface area contributed by atoms with E-state index in [4.69, 9.17) is 4.74 Å². The summed E-state index contributed by atoms with van der Waals surface area (Å²) >= 11 is 0. The number of benzene rings is 1. The average molecular weight is 284 g/mol. The van der Waals surface area contributed by atoms with Gasteiger partial charge in [-0.15, -0.1) is 0 Å². The fraction of sp³-hybridized carbons (Fsp3) is 0.538. The maximum atomic E-state index is 12.4. The SMILES string of the molecule is CCNc1ccc(S(=O)(=O)N2CCC(OC)C2)cc1. The molecule has 0 bridgehead atoms. The number of hydrogen-bond donors (Lipinski definition) is 1. The summed E-state index contributed by atoms with van der Waals surface area (Å²) < 4.78 is 31.5. The Bertz CT molecular complexity index is 513. The predicted octanol–water partition coefficient (Wildman–Crippen LogP) is 1.53. The molecule has 0 radical (unpaired) electrons. The Hall–Kier alpha value is -1.11. The molecule has 2 rings (SSSR count). The summed E-state index contributed by atoms with van der Waals surface area (Å²) in [6.45, 7) is 3.77. The summed E-state index contributed by atoms with van der Waals surface area (Å²) in [5.41, 5.74) is 0.928. The molecule has 1 aromatic rings. The van der Waals surface area contributed by atoms with Crippen LogP contribution in [0.5, 0.6) is 0 Å². The molecule has 1 atom stereocenters. The van der Waals surface area contributed by atoms with E-state index >= 15 is 0 Å². The van der Waals surface area contributed by atoms with Gasteiger partial charge >= 0.3 is 0 Å². The van der Waals surface area contributed by atoms with Gasteiger partial charge in [0.1, 0.15) is 0 Å². The normalized spacial score (nSPS) is 20.6. The van der Waals surface area contributed by atoms with E-state index in [1.807, 2.05) is 6.92 Å². The first kappa shape index (κ1) is 14.3. The Balaban J connectivity index is 2.15. The number of nitrogens with zero attached hydrogens (tertiary/aromatic N) is 1. The van der Waals surface area contributed by atoms with Crippen molar-refractivity contribution in [3.05, 3.63) is 24.3 Å². The molecule has 0 spiro atoms. The lowest BCUT2D eigenvalue weighted by atomic mass is 10.3. The molecule has 1 N–H and O–H groups in total. The third kappa shape index (κ3) is 3.08. The molecule has 1 aromatic carbocycles. The molecule has 1 heterocycles. The topological polar surface area (TPSA) is 58.6 Å². The van der Waals surface area contributed by atoms with Crippen molar-refractivity contribution in [1.82, 2.24) is 4.31 Å². The molecule has 1 fully saturated rings. The molecule has 5 nitrogen and oxygen atoms in total. The molecule has 0 aliphatic carbocycles. The van der Waals surface area contributed by atoms with Crippen LogP contribution in [0.2, 0.25) is 0 Å². The van der Waals surface area contributed by atoms with E-state index < -0.39 is 10.0 Å². The van der Waals surface area contributed by atoms with Crippen LogP contribution in [0, 0.1) is 0 Å². The minimum atomic E-state index is -3.39. The Morgan fingerprint density at radius 1 is 1.37 bits per heavy atom. The summed E-state index contributed by atoms with van der Waals surface area (Å²) in [6, 6.07) is 6.88. The lowest BCUT2D eigenvalue weighted by molar-refractivity contribution is 0.115. The average Bonchev–Trinajstić information content (AvgIpc) is 2.89. The number of sulfonamides is 1. The lowest BCUT2D eigenvalue weighted by Gasteiger charge is -2.16. The zero-order valence-corrected chi connectivity index (χ0v) is 12.1. The third-order valence-electron chi connectivity index (χ3n) is 3.31. The van der Waals surface area contributed by atoms with Crippen molar-refractivity contribution in [2.45, 2.75) is 24.3 Å². The first-order valence-corrected chi connectivity index (χ1v) is 7.89. The summed E-state index contributed by atoms with van der Waals surface area (Å²) in [5.74, 6) is 0. The van der Waals surface area contributed by atoms with Gasteiger partial charge in [-0.05, 0) is 37.6 Å². The number of methoxy groups -OCH3 is 1. The van der Waals surface area contributed by atoms with Crippen LogP contribution < -0.4 is 5.32 Å². The van der Waals surface area contributed by atoms with Crippen LogP contribution in [-0.4, -0.2) is 45.6 Å². The molecule has 0 amide bonds. The fourth-order valence-corrected chi connectivity index (χ4v) is 3.69. The van der Waals surface area contributed by atoms with Gasteiger partial charge in [-0.1, -0.05) is 0 Å². The van der Waals surface area contributed by atoms with Crippen molar-refractivity contribution >= 4 is 15.7 Å². The van der Waals surface area contributed by atoms with E-state index in [2.05, 4.69) is 5.32 Å². The van der Waals surface area contributed by atoms with Crippen LogP contribution in [-0.2, 0) is 14.8 Å². The second-order valence-corrected chi connectivity index (χ2v) is 6.50. The maximum absolute atomic E-state index is 12.4. The number of anilines is 1. The molecule has 0 aromatic heterocycles.